The van der Waals surface area contributed by atoms with Crippen molar-refractivity contribution in [2.75, 3.05) is 40.5 Å². The summed E-state index contributed by atoms with van der Waals surface area (Å²) < 4.78 is 9.34. The van der Waals surface area contributed by atoms with Crippen LogP contribution in [0.4, 0.5) is 0 Å². The molecular weight excluding hydrogens is 212 g/mol. The Bertz CT molecular complexity index is 249. The minimum Gasteiger partial charge on any atom is -0.388 e. The van der Waals surface area contributed by atoms with E-state index in [1.807, 2.05) is 0 Å². The number of guanidine groups is 1. The summed E-state index contributed by atoms with van der Waals surface area (Å²) in [6.07, 6.45) is 0.426. The van der Waals surface area contributed by atoms with E-state index in [-0.39, 0.29) is 11.8 Å². The summed E-state index contributed by atoms with van der Waals surface area (Å²) in [6, 6.07) is 0. The minimum absolute atomic E-state index is 0.0212. The Kier molecular flexibility index (Phi) is 8.00. The standard InChI is InChI=1S/C7H12N4O2.C2H6O/c8-6(5-12)10-7(9)11-1-3-13-4-2-11;1-3-2/h5H,1-4H2,(H3,8,9,10);1-2H3. The number of morpholine rings is 1. The van der Waals surface area contributed by atoms with E-state index in [1.165, 1.54) is 0 Å². The summed E-state index contributed by atoms with van der Waals surface area (Å²) in [6.45, 7) is 2.40. The molecule has 0 spiro atoms. The number of rotatable bonds is 1. The first-order valence-electron chi connectivity index (χ1n) is 4.76. The molecule has 1 rings (SSSR count). The van der Waals surface area contributed by atoms with Crippen molar-refractivity contribution in [3.63, 3.8) is 0 Å². The summed E-state index contributed by atoms with van der Waals surface area (Å²) in [5.74, 6) is -0.149. The van der Waals surface area contributed by atoms with Gasteiger partial charge in [-0.25, -0.2) is 0 Å². The smallest absolute Gasteiger partial charge is 0.220 e. The molecule has 0 aromatic carbocycles. The number of aldehydes is 1. The zero-order valence-corrected chi connectivity index (χ0v) is 9.60. The normalized spacial score (nSPS) is 16.1. The molecule has 92 valence electrons. The van der Waals surface area contributed by atoms with E-state index in [9.17, 15) is 4.79 Å². The summed E-state index contributed by atoms with van der Waals surface area (Å²) in [7, 11) is 3.25. The Morgan fingerprint density at radius 2 is 2.00 bits per heavy atom. The maximum absolute atomic E-state index is 10.1. The van der Waals surface area contributed by atoms with Crippen LogP contribution < -0.4 is 5.73 Å². The van der Waals surface area contributed by atoms with E-state index in [1.54, 1.807) is 19.1 Å². The third-order valence-electron chi connectivity index (χ3n) is 1.67. The fourth-order valence-corrected chi connectivity index (χ4v) is 0.995. The van der Waals surface area contributed by atoms with E-state index in [0.717, 1.165) is 0 Å². The molecule has 1 heterocycles. The molecule has 1 saturated heterocycles. The molecule has 0 saturated carbocycles. The van der Waals surface area contributed by atoms with Gasteiger partial charge in [-0.1, -0.05) is 0 Å². The van der Waals surface area contributed by atoms with Crippen LogP contribution in [0.25, 0.3) is 0 Å². The van der Waals surface area contributed by atoms with Gasteiger partial charge in [0.1, 0.15) is 0 Å². The number of hydrogen-bond acceptors (Lipinski definition) is 4. The lowest BCUT2D eigenvalue weighted by Crippen LogP contribution is -2.40. The highest BCUT2D eigenvalue weighted by molar-refractivity contribution is 6.28. The molecule has 1 aliphatic rings. The summed E-state index contributed by atoms with van der Waals surface area (Å²) >= 11 is 0. The fraction of sp³-hybridized carbons (Fsp3) is 0.667. The number of ether oxygens (including phenoxy) is 2. The minimum atomic E-state index is -0.170. The molecule has 0 bridgehead atoms. The second-order valence-corrected chi connectivity index (χ2v) is 2.99. The van der Waals surface area contributed by atoms with Crippen LogP contribution in [0.5, 0.6) is 0 Å². The van der Waals surface area contributed by atoms with Gasteiger partial charge in [-0.3, -0.25) is 10.2 Å². The summed E-state index contributed by atoms with van der Waals surface area (Å²) in [5, 5.41) is 7.46. The third-order valence-corrected chi connectivity index (χ3v) is 1.67. The highest BCUT2D eigenvalue weighted by Crippen LogP contribution is 1.97. The molecule has 0 aromatic rings. The Balaban J connectivity index is 0.000000673. The zero-order chi connectivity index (χ0) is 12.4. The molecule has 16 heavy (non-hydrogen) atoms. The average molecular weight is 230 g/mol. The van der Waals surface area contributed by atoms with Crippen molar-refractivity contribution in [1.29, 1.82) is 5.41 Å². The molecule has 0 aliphatic carbocycles. The predicted octanol–water partition coefficient (Wildman–Crippen LogP) is -0.928. The van der Waals surface area contributed by atoms with E-state index >= 15 is 0 Å². The second kappa shape index (κ2) is 8.81. The predicted molar refractivity (Wildman–Crippen MR) is 60.7 cm³/mol. The SMILES string of the molecule is COC.N=C(/N=C(\N)C=O)N1CCOCC1. The van der Waals surface area contributed by atoms with Gasteiger partial charge in [-0.05, 0) is 0 Å². The van der Waals surface area contributed by atoms with Gasteiger partial charge in [0.05, 0.1) is 13.2 Å². The lowest BCUT2D eigenvalue weighted by Gasteiger charge is -2.26. The van der Waals surface area contributed by atoms with Gasteiger partial charge in [0, 0.05) is 27.3 Å². The first-order valence-corrected chi connectivity index (χ1v) is 4.76. The monoisotopic (exact) mass is 230 g/mol. The van der Waals surface area contributed by atoms with E-state index in [0.29, 0.717) is 32.6 Å². The van der Waals surface area contributed by atoms with Crippen LogP contribution in [0.15, 0.2) is 4.99 Å². The molecule has 3 N–H and O–H groups in total. The van der Waals surface area contributed by atoms with Gasteiger partial charge < -0.3 is 20.1 Å². The number of methoxy groups -OCH3 is 1. The maximum atomic E-state index is 10.1. The maximum Gasteiger partial charge on any atom is 0.220 e. The van der Waals surface area contributed by atoms with Gasteiger partial charge in [0.2, 0.25) is 5.96 Å². The Morgan fingerprint density at radius 1 is 1.50 bits per heavy atom. The van der Waals surface area contributed by atoms with Gasteiger partial charge in [0.25, 0.3) is 0 Å². The van der Waals surface area contributed by atoms with Crippen molar-refractivity contribution in [3.8, 4) is 0 Å². The highest BCUT2D eigenvalue weighted by Gasteiger charge is 2.12. The van der Waals surface area contributed by atoms with Crippen molar-refractivity contribution in [2.45, 2.75) is 0 Å². The first-order chi connectivity index (χ1) is 7.65. The molecule has 0 atom stereocenters. The molecule has 0 radical (unpaired) electrons. The van der Waals surface area contributed by atoms with Crippen LogP contribution in [0, 0.1) is 5.41 Å². The Labute approximate surface area is 94.7 Å². The number of aliphatic imine (C=N–C) groups is 1. The summed E-state index contributed by atoms with van der Waals surface area (Å²) in [4.78, 5) is 15.4. The van der Waals surface area contributed by atoms with Crippen molar-refractivity contribution in [3.05, 3.63) is 0 Å². The highest BCUT2D eigenvalue weighted by atomic mass is 16.5. The second-order valence-electron chi connectivity index (χ2n) is 2.99. The Hall–Kier alpha value is -1.47. The van der Waals surface area contributed by atoms with Crippen molar-refractivity contribution < 1.29 is 14.3 Å². The molecule has 0 amide bonds. The summed E-state index contributed by atoms with van der Waals surface area (Å²) in [5.41, 5.74) is 5.16. The van der Waals surface area contributed by atoms with Crippen LogP contribution in [0.1, 0.15) is 0 Å². The largest absolute Gasteiger partial charge is 0.388 e. The van der Waals surface area contributed by atoms with Gasteiger partial charge in [-0.2, -0.15) is 4.99 Å². The van der Waals surface area contributed by atoms with E-state index in [4.69, 9.17) is 15.9 Å². The fourth-order valence-electron chi connectivity index (χ4n) is 0.995. The van der Waals surface area contributed by atoms with Crippen LogP contribution in [0.3, 0.4) is 0 Å². The lowest BCUT2D eigenvalue weighted by molar-refractivity contribution is -0.102. The lowest BCUT2D eigenvalue weighted by atomic mass is 10.4. The molecular formula is C9H18N4O3. The quantitative estimate of drug-likeness (QED) is 0.344. The number of nitrogens with one attached hydrogen (secondary N) is 1. The topological polar surface area (TPSA) is 101 Å². The van der Waals surface area contributed by atoms with Crippen LogP contribution in [0.2, 0.25) is 0 Å². The van der Waals surface area contributed by atoms with Gasteiger partial charge in [-0.15, -0.1) is 0 Å². The zero-order valence-electron chi connectivity index (χ0n) is 9.60. The van der Waals surface area contributed by atoms with Crippen LogP contribution in [-0.2, 0) is 14.3 Å². The third kappa shape index (κ3) is 6.10. The number of nitrogens with zero attached hydrogens (tertiary/aromatic N) is 2. The number of amidine groups is 1. The molecule has 1 aliphatic heterocycles. The average Bonchev–Trinajstić information content (AvgIpc) is 2.31. The Morgan fingerprint density at radius 3 is 2.44 bits per heavy atom. The van der Waals surface area contributed by atoms with E-state index in [2.05, 4.69) is 9.73 Å². The molecule has 0 unspecified atom stereocenters. The van der Waals surface area contributed by atoms with Crippen molar-refractivity contribution in [1.82, 2.24) is 4.90 Å². The first kappa shape index (κ1) is 14.5. The van der Waals surface area contributed by atoms with Crippen LogP contribution in [-0.4, -0.2) is 63.5 Å². The molecule has 7 heteroatoms. The number of hydrogen-bond donors (Lipinski definition) is 2. The van der Waals surface area contributed by atoms with Crippen molar-refractivity contribution >= 4 is 18.1 Å². The van der Waals surface area contributed by atoms with Crippen LogP contribution >= 0.6 is 0 Å². The molecule has 1 fully saturated rings. The van der Waals surface area contributed by atoms with E-state index < -0.39 is 0 Å². The van der Waals surface area contributed by atoms with Crippen molar-refractivity contribution in [2.24, 2.45) is 10.7 Å². The van der Waals surface area contributed by atoms with Gasteiger partial charge in [0.15, 0.2) is 12.1 Å². The number of carbonyl (C=O) groups excluding carboxylic acids is 1. The molecule has 7 nitrogen and oxygen atoms in total. The number of carbonyl (C=O) groups is 1. The molecule has 0 aromatic heterocycles. The van der Waals surface area contributed by atoms with Gasteiger partial charge >= 0.3 is 0 Å². The number of nitrogens with two attached hydrogens (primary N) is 1.